The Kier molecular flexibility index (Phi) is 2.92. The van der Waals surface area contributed by atoms with E-state index in [0.29, 0.717) is 11.1 Å². The number of nitrogens with zero attached hydrogens (tertiary/aromatic N) is 2. The first kappa shape index (κ1) is 13.0. The highest BCUT2D eigenvalue weighted by Gasteiger charge is 2.36. The first-order chi connectivity index (χ1) is 9.47. The minimum atomic E-state index is -4.57. The van der Waals surface area contributed by atoms with Crippen molar-refractivity contribution in [2.45, 2.75) is 25.1 Å². The Hall–Kier alpha value is -2.05. The van der Waals surface area contributed by atoms with Crippen molar-refractivity contribution in [3.8, 4) is 5.75 Å². The molecule has 1 heterocycles. The number of hydrogen-bond donors (Lipinski definition) is 1. The van der Waals surface area contributed by atoms with Gasteiger partial charge in [-0.2, -0.15) is 13.2 Å². The van der Waals surface area contributed by atoms with Crippen LogP contribution in [0.4, 0.5) is 19.0 Å². The van der Waals surface area contributed by atoms with E-state index in [-0.39, 0.29) is 17.4 Å². The molecule has 0 saturated heterocycles. The Bertz CT molecular complexity index is 653. The summed E-state index contributed by atoms with van der Waals surface area (Å²) in [5, 5.41) is 3.58. The highest BCUT2D eigenvalue weighted by molar-refractivity contribution is 5.90. The molecule has 1 saturated carbocycles. The average Bonchev–Trinajstić information content (AvgIpc) is 3.20. The van der Waals surface area contributed by atoms with Crippen molar-refractivity contribution in [1.29, 1.82) is 0 Å². The van der Waals surface area contributed by atoms with E-state index in [9.17, 15) is 13.2 Å². The molecule has 1 fully saturated rings. The largest absolute Gasteiger partial charge is 0.497 e. The molecule has 1 aromatic heterocycles. The van der Waals surface area contributed by atoms with E-state index >= 15 is 0 Å². The molecule has 0 aliphatic heterocycles. The standard InChI is InChI=1S/C13H12F3N3O/c1-20-8-4-5-9-10(6-8)18-12(13(14,15)16)19-11(9)17-7-2-3-7/h4-7H,2-3H2,1H3,(H,17,18,19). The quantitative estimate of drug-likeness (QED) is 0.939. The molecule has 7 heteroatoms. The summed E-state index contributed by atoms with van der Waals surface area (Å²) in [4.78, 5) is 7.21. The van der Waals surface area contributed by atoms with Crippen LogP contribution in [0, 0.1) is 0 Å². The predicted molar refractivity (Wildman–Crippen MR) is 67.7 cm³/mol. The number of nitrogens with one attached hydrogen (secondary N) is 1. The maximum absolute atomic E-state index is 12.8. The van der Waals surface area contributed by atoms with E-state index in [1.165, 1.54) is 13.2 Å². The summed E-state index contributed by atoms with van der Waals surface area (Å²) in [5.74, 6) is -0.449. The number of alkyl halides is 3. The SMILES string of the molecule is COc1ccc2c(NC3CC3)nc(C(F)(F)F)nc2c1. The second-order valence-corrected chi connectivity index (χ2v) is 4.70. The van der Waals surface area contributed by atoms with Gasteiger partial charge >= 0.3 is 6.18 Å². The topological polar surface area (TPSA) is 47.0 Å². The lowest BCUT2D eigenvalue weighted by Crippen LogP contribution is -2.14. The van der Waals surface area contributed by atoms with E-state index in [4.69, 9.17) is 4.74 Å². The molecule has 2 aromatic rings. The summed E-state index contributed by atoms with van der Waals surface area (Å²) in [6, 6.07) is 5.02. The summed E-state index contributed by atoms with van der Waals surface area (Å²) in [6.45, 7) is 0. The second-order valence-electron chi connectivity index (χ2n) is 4.70. The van der Waals surface area contributed by atoms with Gasteiger partial charge in [0, 0.05) is 17.5 Å². The molecule has 0 spiro atoms. The molecule has 0 radical (unpaired) electrons. The fraction of sp³-hybridized carbons (Fsp3) is 0.385. The van der Waals surface area contributed by atoms with E-state index in [0.717, 1.165) is 12.8 Å². The van der Waals surface area contributed by atoms with Crippen LogP contribution in [-0.4, -0.2) is 23.1 Å². The number of ether oxygens (including phenoxy) is 1. The zero-order valence-corrected chi connectivity index (χ0v) is 10.7. The van der Waals surface area contributed by atoms with E-state index < -0.39 is 12.0 Å². The molecule has 1 aliphatic rings. The van der Waals surface area contributed by atoms with Gasteiger partial charge in [-0.25, -0.2) is 9.97 Å². The second kappa shape index (κ2) is 4.50. The smallest absolute Gasteiger partial charge is 0.451 e. The van der Waals surface area contributed by atoms with Crippen LogP contribution in [0.1, 0.15) is 18.7 Å². The van der Waals surface area contributed by atoms with Gasteiger partial charge in [-0.3, -0.25) is 0 Å². The predicted octanol–water partition coefficient (Wildman–Crippen LogP) is 3.23. The number of methoxy groups -OCH3 is 1. The summed E-state index contributed by atoms with van der Waals surface area (Å²) >= 11 is 0. The molecule has 0 bridgehead atoms. The van der Waals surface area contributed by atoms with Gasteiger partial charge in [-0.1, -0.05) is 0 Å². The average molecular weight is 283 g/mol. The van der Waals surface area contributed by atoms with Crippen LogP contribution in [0.2, 0.25) is 0 Å². The lowest BCUT2D eigenvalue weighted by molar-refractivity contribution is -0.144. The third kappa shape index (κ3) is 2.48. The highest BCUT2D eigenvalue weighted by atomic mass is 19.4. The summed E-state index contributed by atoms with van der Waals surface area (Å²) in [7, 11) is 1.45. The zero-order valence-electron chi connectivity index (χ0n) is 10.7. The van der Waals surface area contributed by atoms with Gasteiger partial charge in [-0.15, -0.1) is 0 Å². The molecule has 20 heavy (non-hydrogen) atoms. The maximum atomic E-state index is 12.8. The number of rotatable bonds is 3. The van der Waals surface area contributed by atoms with E-state index in [1.807, 2.05) is 0 Å². The van der Waals surface area contributed by atoms with E-state index in [2.05, 4.69) is 15.3 Å². The third-order valence-electron chi connectivity index (χ3n) is 3.08. The van der Waals surface area contributed by atoms with Crippen molar-refractivity contribution >= 4 is 16.7 Å². The number of aromatic nitrogens is 2. The molecule has 1 N–H and O–H groups in total. The third-order valence-corrected chi connectivity index (χ3v) is 3.08. The Labute approximate surface area is 113 Å². The molecule has 106 valence electrons. The maximum Gasteiger partial charge on any atom is 0.451 e. The Morgan fingerprint density at radius 3 is 2.60 bits per heavy atom. The van der Waals surface area contributed by atoms with Gasteiger partial charge in [0.2, 0.25) is 5.82 Å². The summed E-state index contributed by atoms with van der Waals surface area (Å²) < 4.78 is 43.6. The van der Waals surface area contributed by atoms with Crippen LogP contribution in [-0.2, 0) is 6.18 Å². The molecule has 0 atom stereocenters. The van der Waals surface area contributed by atoms with Crippen molar-refractivity contribution in [3.63, 3.8) is 0 Å². The molecule has 0 unspecified atom stereocenters. The monoisotopic (exact) mass is 283 g/mol. The van der Waals surface area contributed by atoms with Gasteiger partial charge in [0.15, 0.2) is 0 Å². The fourth-order valence-corrected chi connectivity index (χ4v) is 1.89. The molecular weight excluding hydrogens is 271 g/mol. The van der Waals surface area contributed by atoms with Crippen LogP contribution >= 0.6 is 0 Å². The van der Waals surface area contributed by atoms with Gasteiger partial charge in [0.05, 0.1) is 12.6 Å². The zero-order chi connectivity index (χ0) is 14.3. The van der Waals surface area contributed by atoms with Crippen molar-refractivity contribution in [2.24, 2.45) is 0 Å². The first-order valence-electron chi connectivity index (χ1n) is 6.17. The molecular formula is C13H12F3N3O. The number of halogens is 3. The molecule has 3 rings (SSSR count). The summed E-state index contributed by atoms with van der Waals surface area (Å²) in [6.07, 6.45) is -2.68. The van der Waals surface area contributed by atoms with Crippen molar-refractivity contribution < 1.29 is 17.9 Å². The van der Waals surface area contributed by atoms with Crippen LogP contribution in [0.5, 0.6) is 5.75 Å². The Morgan fingerprint density at radius 1 is 1.25 bits per heavy atom. The van der Waals surface area contributed by atoms with Gasteiger partial charge in [-0.05, 0) is 25.0 Å². The minimum Gasteiger partial charge on any atom is -0.497 e. The fourth-order valence-electron chi connectivity index (χ4n) is 1.89. The lowest BCUT2D eigenvalue weighted by atomic mass is 10.2. The number of anilines is 1. The summed E-state index contributed by atoms with van der Waals surface area (Å²) in [5.41, 5.74) is 0.217. The van der Waals surface area contributed by atoms with Crippen molar-refractivity contribution in [2.75, 3.05) is 12.4 Å². The van der Waals surface area contributed by atoms with Crippen LogP contribution < -0.4 is 10.1 Å². The molecule has 4 nitrogen and oxygen atoms in total. The van der Waals surface area contributed by atoms with E-state index in [1.54, 1.807) is 12.1 Å². The van der Waals surface area contributed by atoms with Crippen molar-refractivity contribution in [1.82, 2.24) is 9.97 Å². The number of hydrogen-bond acceptors (Lipinski definition) is 4. The number of benzene rings is 1. The van der Waals surface area contributed by atoms with Crippen molar-refractivity contribution in [3.05, 3.63) is 24.0 Å². The first-order valence-corrected chi connectivity index (χ1v) is 6.17. The normalized spacial score (nSPS) is 15.4. The highest BCUT2D eigenvalue weighted by Crippen LogP contribution is 2.33. The van der Waals surface area contributed by atoms with Gasteiger partial charge < -0.3 is 10.1 Å². The molecule has 1 aromatic carbocycles. The molecule has 1 aliphatic carbocycles. The van der Waals surface area contributed by atoms with Crippen LogP contribution in [0.3, 0.4) is 0 Å². The minimum absolute atomic E-state index is 0.205. The van der Waals surface area contributed by atoms with Crippen LogP contribution in [0.15, 0.2) is 18.2 Å². The van der Waals surface area contributed by atoms with Gasteiger partial charge in [0.25, 0.3) is 0 Å². The lowest BCUT2D eigenvalue weighted by Gasteiger charge is -2.12. The Morgan fingerprint density at radius 2 is 2.00 bits per heavy atom. The van der Waals surface area contributed by atoms with Crippen LogP contribution in [0.25, 0.3) is 10.9 Å². The van der Waals surface area contributed by atoms with Gasteiger partial charge in [0.1, 0.15) is 11.6 Å². The Balaban J connectivity index is 2.16. The number of fused-ring (bicyclic) bond motifs is 1. The molecule has 0 amide bonds.